The molecule has 1 aliphatic rings. The van der Waals surface area contributed by atoms with E-state index in [0.29, 0.717) is 5.41 Å². The number of hydrogen-bond acceptors (Lipinski definition) is 2. The molecule has 0 spiro atoms. The monoisotopic (exact) mass is 235 g/mol. The van der Waals surface area contributed by atoms with Crippen LogP contribution in [-0.4, -0.2) is 22.6 Å². The van der Waals surface area contributed by atoms with Crippen LogP contribution in [-0.2, 0) is 12.0 Å². The minimum atomic E-state index is 0.293. The van der Waals surface area contributed by atoms with Gasteiger partial charge in [-0.25, -0.2) is 4.98 Å². The first kappa shape index (κ1) is 12.6. The molecule has 1 aromatic heterocycles. The summed E-state index contributed by atoms with van der Waals surface area (Å²) in [6, 6.07) is 0. The van der Waals surface area contributed by atoms with E-state index in [2.05, 4.69) is 34.9 Å². The van der Waals surface area contributed by atoms with Crippen molar-refractivity contribution < 1.29 is 0 Å². The zero-order chi connectivity index (χ0) is 12.1. The van der Waals surface area contributed by atoms with Crippen molar-refractivity contribution in [3.8, 4) is 0 Å². The molecule has 17 heavy (non-hydrogen) atoms. The minimum absolute atomic E-state index is 0.293. The SMILES string of the molecule is CCCCCCn1cncc1C1(C)CCNC1. The van der Waals surface area contributed by atoms with Gasteiger partial charge in [0.15, 0.2) is 0 Å². The van der Waals surface area contributed by atoms with Crippen LogP contribution < -0.4 is 5.32 Å². The number of nitrogens with one attached hydrogen (secondary N) is 1. The number of imidazole rings is 1. The molecule has 1 unspecified atom stereocenters. The van der Waals surface area contributed by atoms with Gasteiger partial charge in [0.25, 0.3) is 0 Å². The van der Waals surface area contributed by atoms with E-state index in [1.165, 1.54) is 37.8 Å². The van der Waals surface area contributed by atoms with Crippen LogP contribution >= 0.6 is 0 Å². The third-order valence-electron chi connectivity index (χ3n) is 3.95. The summed E-state index contributed by atoms with van der Waals surface area (Å²) in [5, 5.41) is 3.46. The fraction of sp³-hybridized carbons (Fsp3) is 0.786. The van der Waals surface area contributed by atoms with Crippen LogP contribution in [0.3, 0.4) is 0 Å². The van der Waals surface area contributed by atoms with E-state index < -0.39 is 0 Å². The van der Waals surface area contributed by atoms with Crippen molar-refractivity contribution >= 4 is 0 Å². The molecule has 0 aromatic carbocycles. The van der Waals surface area contributed by atoms with Gasteiger partial charge in [0, 0.05) is 30.4 Å². The van der Waals surface area contributed by atoms with E-state index in [0.717, 1.165) is 19.6 Å². The maximum atomic E-state index is 4.35. The molecule has 2 rings (SSSR count). The second-order valence-electron chi connectivity index (χ2n) is 5.52. The summed E-state index contributed by atoms with van der Waals surface area (Å²) in [6.07, 6.45) is 10.6. The Bertz CT molecular complexity index is 337. The summed E-state index contributed by atoms with van der Waals surface area (Å²) in [6.45, 7) is 7.97. The standard InChI is InChI=1S/C14H25N3/c1-3-4-5-6-9-17-12-16-10-13(17)14(2)7-8-15-11-14/h10,12,15H,3-9,11H2,1-2H3. The van der Waals surface area contributed by atoms with E-state index >= 15 is 0 Å². The Labute approximate surface area is 105 Å². The van der Waals surface area contributed by atoms with Crippen LogP contribution in [0.1, 0.15) is 51.6 Å². The third-order valence-corrected chi connectivity index (χ3v) is 3.95. The molecule has 1 N–H and O–H groups in total. The highest BCUT2D eigenvalue weighted by Crippen LogP contribution is 2.29. The van der Waals surface area contributed by atoms with Crippen molar-refractivity contribution in [1.29, 1.82) is 0 Å². The average Bonchev–Trinajstić information content (AvgIpc) is 2.94. The topological polar surface area (TPSA) is 29.9 Å². The molecule has 96 valence electrons. The van der Waals surface area contributed by atoms with Crippen molar-refractivity contribution in [3.63, 3.8) is 0 Å². The lowest BCUT2D eigenvalue weighted by Crippen LogP contribution is -2.28. The second kappa shape index (κ2) is 5.67. The predicted octanol–water partition coefficient (Wildman–Crippen LogP) is 2.71. The largest absolute Gasteiger partial charge is 0.334 e. The zero-order valence-electron chi connectivity index (χ0n) is 11.2. The first-order valence-corrected chi connectivity index (χ1v) is 6.97. The fourth-order valence-electron chi connectivity index (χ4n) is 2.75. The zero-order valence-corrected chi connectivity index (χ0v) is 11.2. The number of rotatable bonds is 6. The smallest absolute Gasteiger partial charge is 0.0948 e. The summed E-state index contributed by atoms with van der Waals surface area (Å²) in [5.74, 6) is 0. The molecular weight excluding hydrogens is 210 g/mol. The summed E-state index contributed by atoms with van der Waals surface area (Å²) in [4.78, 5) is 4.35. The van der Waals surface area contributed by atoms with Crippen LogP contribution in [0, 0.1) is 0 Å². The summed E-state index contributed by atoms with van der Waals surface area (Å²) >= 11 is 0. The molecule has 0 saturated carbocycles. The maximum absolute atomic E-state index is 4.35. The van der Waals surface area contributed by atoms with Crippen molar-refractivity contribution in [2.75, 3.05) is 13.1 Å². The van der Waals surface area contributed by atoms with Crippen molar-refractivity contribution in [2.45, 2.75) is 57.9 Å². The quantitative estimate of drug-likeness (QED) is 0.768. The summed E-state index contributed by atoms with van der Waals surface area (Å²) in [5.41, 5.74) is 1.71. The molecule has 0 radical (unpaired) electrons. The van der Waals surface area contributed by atoms with Crippen LogP contribution in [0.2, 0.25) is 0 Å². The third kappa shape index (κ3) is 2.89. The molecule has 1 aliphatic heterocycles. The van der Waals surface area contributed by atoms with E-state index in [1.807, 2.05) is 6.33 Å². The Hall–Kier alpha value is -0.830. The highest BCUT2D eigenvalue weighted by molar-refractivity contribution is 5.17. The van der Waals surface area contributed by atoms with E-state index in [-0.39, 0.29) is 0 Å². The van der Waals surface area contributed by atoms with Crippen LogP contribution in [0.25, 0.3) is 0 Å². The predicted molar refractivity (Wildman–Crippen MR) is 71.2 cm³/mol. The molecule has 1 atom stereocenters. The molecule has 3 nitrogen and oxygen atoms in total. The summed E-state index contributed by atoms with van der Waals surface area (Å²) < 4.78 is 2.36. The lowest BCUT2D eigenvalue weighted by molar-refractivity contribution is 0.461. The maximum Gasteiger partial charge on any atom is 0.0948 e. The van der Waals surface area contributed by atoms with Gasteiger partial charge in [-0.3, -0.25) is 0 Å². The summed E-state index contributed by atoms with van der Waals surface area (Å²) in [7, 11) is 0. The number of aromatic nitrogens is 2. The fourth-order valence-corrected chi connectivity index (χ4v) is 2.75. The Balaban J connectivity index is 1.96. The Morgan fingerprint density at radius 1 is 1.41 bits per heavy atom. The Morgan fingerprint density at radius 3 is 3.00 bits per heavy atom. The Kier molecular flexibility index (Phi) is 4.21. The minimum Gasteiger partial charge on any atom is -0.334 e. The molecule has 2 heterocycles. The van der Waals surface area contributed by atoms with E-state index in [9.17, 15) is 0 Å². The number of hydrogen-bond donors (Lipinski definition) is 1. The van der Waals surface area contributed by atoms with Gasteiger partial charge in [0.05, 0.1) is 6.33 Å². The highest BCUT2D eigenvalue weighted by Gasteiger charge is 2.33. The molecule has 3 heteroatoms. The Morgan fingerprint density at radius 2 is 2.29 bits per heavy atom. The van der Waals surface area contributed by atoms with Gasteiger partial charge in [-0.1, -0.05) is 33.1 Å². The lowest BCUT2D eigenvalue weighted by atomic mass is 9.86. The molecule has 0 aliphatic carbocycles. The number of nitrogens with zero attached hydrogens (tertiary/aromatic N) is 2. The van der Waals surface area contributed by atoms with E-state index in [1.54, 1.807) is 0 Å². The van der Waals surface area contributed by atoms with Gasteiger partial charge in [-0.15, -0.1) is 0 Å². The van der Waals surface area contributed by atoms with Gasteiger partial charge in [-0.05, 0) is 19.4 Å². The van der Waals surface area contributed by atoms with Crippen molar-refractivity contribution in [2.24, 2.45) is 0 Å². The van der Waals surface area contributed by atoms with Crippen LogP contribution in [0.4, 0.5) is 0 Å². The van der Waals surface area contributed by atoms with E-state index in [4.69, 9.17) is 0 Å². The van der Waals surface area contributed by atoms with Crippen LogP contribution in [0.5, 0.6) is 0 Å². The molecule has 1 aromatic rings. The molecule has 0 bridgehead atoms. The second-order valence-corrected chi connectivity index (χ2v) is 5.52. The molecule has 1 saturated heterocycles. The molecule has 1 fully saturated rings. The normalized spacial score (nSPS) is 24.4. The van der Waals surface area contributed by atoms with Crippen LogP contribution in [0.15, 0.2) is 12.5 Å². The first-order chi connectivity index (χ1) is 8.26. The van der Waals surface area contributed by atoms with Gasteiger partial charge >= 0.3 is 0 Å². The number of aryl methyl sites for hydroxylation is 1. The molecule has 0 amide bonds. The highest BCUT2D eigenvalue weighted by atomic mass is 15.1. The number of unbranched alkanes of at least 4 members (excludes halogenated alkanes) is 3. The average molecular weight is 235 g/mol. The van der Waals surface area contributed by atoms with Crippen molar-refractivity contribution in [1.82, 2.24) is 14.9 Å². The van der Waals surface area contributed by atoms with Gasteiger partial charge in [0.2, 0.25) is 0 Å². The van der Waals surface area contributed by atoms with Gasteiger partial charge < -0.3 is 9.88 Å². The van der Waals surface area contributed by atoms with Gasteiger partial charge in [-0.2, -0.15) is 0 Å². The first-order valence-electron chi connectivity index (χ1n) is 6.97. The van der Waals surface area contributed by atoms with Crippen molar-refractivity contribution in [3.05, 3.63) is 18.2 Å². The van der Waals surface area contributed by atoms with Gasteiger partial charge in [0.1, 0.15) is 0 Å². The molecular formula is C14H25N3. The lowest BCUT2D eigenvalue weighted by Gasteiger charge is -2.24.